The number of hydrogen-bond donors (Lipinski definition) is 1. The molecule has 1 amide bonds. The van der Waals surface area contributed by atoms with Gasteiger partial charge in [0, 0.05) is 26.7 Å². The van der Waals surface area contributed by atoms with E-state index in [1.165, 1.54) is 7.05 Å². The van der Waals surface area contributed by atoms with E-state index in [4.69, 9.17) is 5.21 Å². The van der Waals surface area contributed by atoms with Crippen molar-refractivity contribution >= 4 is 5.91 Å². The Hall–Kier alpha value is -1.40. The molecule has 0 aromatic carbocycles. The highest BCUT2D eigenvalue weighted by molar-refractivity contribution is 5.91. The fourth-order valence-corrected chi connectivity index (χ4v) is 1.89. The zero-order valence-electron chi connectivity index (χ0n) is 9.55. The van der Waals surface area contributed by atoms with Crippen LogP contribution >= 0.6 is 0 Å². The van der Waals surface area contributed by atoms with Crippen molar-refractivity contribution in [2.75, 3.05) is 20.6 Å². The smallest absolute Gasteiger partial charge is 0.297 e. The number of nitrogens with zero attached hydrogens (tertiary/aromatic N) is 4. The molecule has 0 saturated carbocycles. The number of rotatable bonds is 1. The second-order valence-corrected chi connectivity index (χ2v) is 4.16. The van der Waals surface area contributed by atoms with Crippen molar-refractivity contribution in [2.45, 2.75) is 19.5 Å². The fourth-order valence-electron chi connectivity index (χ4n) is 1.89. The Labute approximate surface area is 94.0 Å². The van der Waals surface area contributed by atoms with Crippen LogP contribution in [0.4, 0.5) is 0 Å². The minimum atomic E-state index is -0.469. The monoisotopic (exact) mass is 224 g/mol. The summed E-state index contributed by atoms with van der Waals surface area (Å²) in [4.78, 5) is 13.7. The van der Waals surface area contributed by atoms with Gasteiger partial charge in [-0.05, 0) is 19.5 Å². The van der Waals surface area contributed by atoms with Gasteiger partial charge in [-0.15, -0.1) is 0 Å². The molecule has 0 spiro atoms. The molecule has 1 aromatic heterocycles. The van der Waals surface area contributed by atoms with Crippen LogP contribution in [-0.2, 0) is 13.1 Å². The molecular formula is C10H16N4O2. The van der Waals surface area contributed by atoms with Crippen LogP contribution in [0.1, 0.15) is 22.6 Å². The first-order valence-electron chi connectivity index (χ1n) is 5.30. The lowest BCUT2D eigenvalue weighted by Gasteiger charge is -2.10. The van der Waals surface area contributed by atoms with E-state index in [-0.39, 0.29) is 0 Å². The van der Waals surface area contributed by atoms with Gasteiger partial charge in [-0.2, -0.15) is 5.10 Å². The minimum Gasteiger partial charge on any atom is -0.300 e. The Bertz CT molecular complexity index is 400. The highest BCUT2D eigenvalue weighted by Gasteiger charge is 2.19. The van der Waals surface area contributed by atoms with Gasteiger partial charge < -0.3 is 4.90 Å². The Morgan fingerprint density at radius 2 is 2.31 bits per heavy atom. The Morgan fingerprint density at radius 1 is 1.56 bits per heavy atom. The maximum atomic E-state index is 11.5. The molecule has 0 radical (unpaired) electrons. The first-order chi connectivity index (χ1) is 7.58. The fraction of sp³-hybridized carbons (Fsp3) is 0.600. The standard InChI is InChI=1S/C10H16N4O2/c1-12-4-3-5-14-8(7-12)6-9(11-14)10(15)13(2)16/h6,16H,3-5,7H2,1-2H3. The summed E-state index contributed by atoms with van der Waals surface area (Å²) < 4.78 is 1.85. The summed E-state index contributed by atoms with van der Waals surface area (Å²) in [5.41, 5.74) is 1.32. The molecule has 0 bridgehead atoms. The summed E-state index contributed by atoms with van der Waals surface area (Å²) in [5.74, 6) is -0.469. The van der Waals surface area contributed by atoms with Crippen LogP contribution in [0.2, 0.25) is 0 Å². The molecule has 1 N–H and O–H groups in total. The molecule has 0 saturated heterocycles. The summed E-state index contributed by atoms with van der Waals surface area (Å²) in [7, 11) is 3.35. The predicted octanol–water partition coefficient (Wildman–Crippen LogP) is 0.180. The third-order valence-corrected chi connectivity index (χ3v) is 2.72. The van der Waals surface area contributed by atoms with E-state index in [2.05, 4.69) is 10.00 Å². The second kappa shape index (κ2) is 4.23. The molecule has 16 heavy (non-hydrogen) atoms. The summed E-state index contributed by atoms with van der Waals surface area (Å²) in [6.45, 7) is 2.64. The molecular weight excluding hydrogens is 208 g/mol. The number of amides is 1. The van der Waals surface area contributed by atoms with E-state index in [1.807, 2.05) is 11.7 Å². The van der Waals surface area contributed by atoms with Crippen LogP contribution in [0, 0.1) is 0 Å². The average Bonchev–Trinajstić information content (AvgIpc) is 2.52. The number of hydrogen-bond acceptors (Lipinski definition) is 4. The van der Waals surface area contributed by atoms with Crippen molar-refractivity contribution in [3.8, 4) is 0 Å². The van der Waals surface area contributed by atoms with Crippen LogP contribution in [-0.4, -0.2) is 51.5 Å². The van der Waals surface area contributed by atoms with Crippen LogP contribution in [0.15, 0.2) is 6.07 Å². The van der Waals surface area contributed by atoms with Crippen molar-refractivity contribution in [1.29, 1.82) is 0 Å². The summed E-state index contributed by atoms with van der Waals surface area (Å²) in [6.07, 6.45) is 1.02. The Balaban J connectivity index is 2.26. The molecule has 1 aromatic rings. The van der Waals surface area contributed by atoms with Gasteiger partial charge in [-0.1, -0.05) is 0 Å². The van der Waals surface area contributed by atoms with Crippen molar-refractivity contribution < 1.29 is 10.0 Å². The molecule has 0 aliphatic carbocycles. The van der Waals surface area contributed by atoms with E-state index >= 15 is 0 Å². The first kappa shape index (κ1) is 11.1. The van der Waals surface area contributed by atoms with Crippen LogP contribution in [0.3, 0.4) is 0 Å². The van der Waals surface area contributed by atoms with E-state index in [1.54, 1.807) is 6.07 Å². The summed E-state index contributed by atoms with van der Waals surface area (Å²) >= 11 is 0. The molecule has 2 rings (SSSR count). The van der Waals surface area contributed by atoms with Gasteiger partial charge in [-0.25, -0.2) is 5.06 Å². The van der Waals surface area contributed by atoms with Crippen molar-refractivity contribution in [3.05, 3.63) is 17.5 Å². The summed E-state index contributed by atoms with van der Waals surface area (Å²) in [6, 6.07) is 1.75. The first-order valence-corrected chi connectivity index (χ1v) is 5.30. The van der Waals surface area contributed by atoms with Gasteiger partial charge in [0.2, 0.25) is 0 Å². The van der Waals surface area contributed by atoms with Gasteiger partial charge in [0.25, 0.3) is 5.91 Å². The predicted molar refractivity (Wildman–Crippen MR) is 57.1 cm³/mol. The highest BCUT2D eigenvalue weighted by atomic mass is 16.5. The lowest BCUT2D eigenvalue weighted by Crippen LogP contribution is -2.23. The Morgan fingerprint density at radius 3 is 3.00 bits per heavy atom. The number of carbonyl (C=O) groups excluding carboxylic acids is 1. The zero-order valence-corrected chi connectivity index (χ0v) is 9.55. The number of carbonyl (C=O) groups is 1. The third kappa shape index (κ3) is 2.07. The zero-order chi connectivity index (χ0) is 11.7. The molecule has 0 atom stereocenters. The molecule has 6 nitrogen and oxygen atoms in total. The molecule has 0 fully saturated rings. The SMILES string of the molecule is CN1CCCn2nc(C(=O)N(C)O)cc2C1. The van der Waals surface area contributed by atoms with Gasteiger partial charge in [0.05, 0.1) is 5.69 Å². The van der Waals surface area contributed by atoms with Gasteiger partial charge >= 0.3 is 0 Å². The van der Waals surface area contributed by atoms with E-state index in [9.17, 15) is 4.79 Å². The van der Waals surface area contributed by atoms with Crippen LogP contribution < -0.4 is 0 Å². The molecule has 88 valence electrons. The van der Waals surface area contributed by atoms with Crippen LogP contribution in [0.5, 0.6) is 0 Å². The average molecular weight is 224 g/mol. The second-order valence-electron chi connectivity index (χ2n) is 4.16. The van der Waals surface area contributed by atoms with Gasteiger partial charge in [0.1, 0.15) is 0 Å². The van der Waals surface area contributed by atoms with Gasteiger partial charge in [-0.3, -0.25) is 14.7 Å². The lowest BCUT2D eigenvalue weighted by molar-refractivity contribution is -0.0380. The maximum Gasteiger partial charge on any atom is 0.297 e. The topological polar surface area (TPSA) is 61.6 Å². The highest BCUT2D eigenvalue weighted by Crippen LogP contribution is 2.13. The minimum absolute atomic E-state index is 0.301. The van der Waals surface area contributed by atoms with Crippen molar-refractivity contribution in [2.24, 2.45) is 0 Å². The number of aromatic nitrogens is 2. The van der Waals surface area contributed by atoms with Crippen molar-refractivity contribution in [1.82, 2.24) is 19.7 Å². The van der Waals surface area contributed by atoms with E-state index in [0.29, 0.717) is 10.8 Å². The summed E-state index contributed by atoms with van der Waals surface area (Å²) in [5, 5.41) is 13.8. The van der Waals surface area contributed by atoms with Crippen molar-refractivity contribution in [3.63, 3.8) is 0 Å². The molecule has 2 heterocycles. The molecule has 6 heteroatoms. The molecule has 0 unspecified atom stereocenters. The quantitative estimate of drug-likeness (QED) is 0.546. The largest absolute Gasteiger partial charge is 0.300 e. The number of fused-ring (bicyclic) bond motifs is 1. The third-order valence-electron chi connectivity index (χ3n) is 2.72. The van der Waals surface area contributed by atoms with Gasteiger partial charge in [0.15, 0.2) is 5.69 Å². The lowest BCUT2D eigenvalue weighted by atomic mass is 10.3. The number of aryl methyl sites for hydroxylation is 1. The van der Waals surface area contributed by atoms with Crippen LogP contribution in [0.25, 0.3) is 0 Å². The van der Waals surface area contributed by atoms with E-state index < -0.39 is 5.91 Å². The molecule has 1 aliphatic rings. The molecule has 1 aliphatic heterocycles. The maximum absolute atomic E-state index is 11.5. The Kier molecular flexibility index (Phi) is 2.93. The van der Waals surface area contributed by atoms with E-state index in [0.717, 1.165) is 31.7 Å². The number of hydroxylamine groups is 2. The normalized spacial score (nSPS) is 16.7.